The smallest absolute Gasteiger partial charge is 0.306 e. The molecule has 1 unspecified atom stereocenters. The molecule has 0 radical (unpaired) electrons. The highest BCUT2D eigenvalue weighted by atomic mass is 16.6. The van der Waals surface area contributed by atoms with Crippen molar-refractivity contribution in [1.29, 1.82) is 0 Å². The first-order valence-electron chi connectivity index (χ1n) is 34.7. The van der Waals surface area contributed by atoms with Crippen LogP contribution in [0, 0.1) is 0 Å². The number of allylic oxidation sites excluding steroid dienone is 22. The first-order chi connectivity index (χ1) is 41.0. The van der Waals surface area contributed by atoms with Crippen molar-refractivity contribution in [2.75, 3.05) is 13.2 Å². The third-order valence-corrected chi connectivity index (χ3v) is 14.6. The molecule has 1 atom stereocenters. The molecule has 0 N–H and O–H groups in total. The van der Waals surface area contributed by atoms with E-state index < -0.39 is 6.10 Å². The normalized spacial score (nSPS) is 13.0. The summed E-state index contributed by atoms with van der Waals surface area (Å²) in [5, 5.41) is 0. The first kappa shape index (κ1) is 78.5. The average molecular weight is 1150 g/mol. The number of carbonyl (C=O) groups excluding carboxylic acids is 3. The summed E-state index contributed by atoms with van der Waals surface area (Å²) < 4.78 is 16.9. The van der Waals surface area contributed by atoms with Gasteiger partial charge in [0, 0.05) is 19.3 Å². The second-order valence-electron chi connectivity index (χ2n) is 22.7. The van der Waals surface area contributed by atoms with Crippen LogP contribution in [0.25, 0.3) is 0 Å². The summed E-state index contributed by atoms with van der Waals surface area (Å²) in [5.74, 6) is -0.960. The lowest BCUT2D eigenvalue weighted by atomic mass is 10.0. The highest BCUT2D eigenvalue weighted by molar-refractivity contribution is 5.71. The Morgan fingerprint density at radius 2 is 0.482 bits per heavy atom. The maximum absolute atomic E-state index is 12.9. The molecule has 0 aromatic carbocycles. The van der Waals surface area contributed by atoms with Crippen LogP contribution in [-0.2, 0) is 28.6 Å². The predicted octanol–water partition coefficient (Wildman–Crippen LogP) is 24.1. The van der Waals surface area contributed by atoms with Gasteiger partial charge in [-0.2, -0.15) is 0 Å². The molecule has 472 valence electrons. The number of ether oxygens (including phenoxy) is 3. The molecule has 0 rings (SSSR count). The quantitative estimate of drug-likeness (QED) is 0.0261. The van der Waals surface area contributed by atoms with Crippen molar-refractivity contribution in [3.63, 3.8) is 0 Å². The largest absolute Gasteiger partial charge is 0.462 e. The van der Waals surface area contributed by atoms with Crippen LogP contribution in [0.1, 0.15) is 316 Å². The van der Waals surface area contributed by atoms with Crippen molar-refractivity contribution in [3.05, 3.63) is 134 Å². The number of unbranched alkanes of at least 4 members (excludes halogenated alkanes) is 29. The summed E-state index contributed by atoms with van der Waals surface area (Å²) in [6.07, 6.45) is 99.0. The molecule has 0 spiro atoms. The Hall–Kier alpha value is -4.45. The van der Waals surface area contributed by atoms with Crippen molar-refractivity contribution in [3.8, 4) is 0 Å². The summed E-state index contributed by atoms with van der Waals surface area (Å²) >= 11 is 0. The maximum atomic E-state index is 12.9. The third-order valence-electron chi connectivity index (χ3n) is 14.6. The van der Waals surface area contributed by atoms with E-state index in [1.54, 1.807) is 0 Å². The molecule has 6 nitrogen and oxygen atoms in total. The molecule has 0 aromatic heterocycles. The van der Waals surface area contributed by atoms with E-state index in [-0.39, 0.29) is 37.5 Å². The summed E-state index contributed by atoms with van der Waals surface area (Å²) in [6.45, 7) is 6.48. The van der Waals surface area contributed by atoms with E-state index in [4.69, 9.17) is 14.2 Å². The van der Waals surface area contributed by atoms with Gasteiger partial charge in [0.15, 0.2) is 6.10 Å². The van der Waals surface area contributed by atoms with Crippen LogP contribution in [0.2, 0.25) is 0 Å². The second kappa shape index (κ2) is 70.0. The maximum Gasteiger partial charge on any atom is 0.306 e. The van der Waals surface area contributed by atoms with Gasteiger partial charge < -0.3 is 14.2 Å². The predicted molar refractivity (Wildman–Crippen MR) is 362 cm³/mol. The topological polar surface area (TPSA) is 78.9 Å². The molecule has 6 heteroatoms. The van der Waals surface area contributed by atoms with Crippen molar-refractivity contribution in [1.82, 2.24) is 0 Å². The molecule has 0 heterocycles. The summed E-state index contributed by atoms with van der Waals surface area (Å²) in [6, 6.07) is 0. The van der Waals surface area contributed by atoms with Crippen LogP contribution in [0.3, 0.4) is 0 Å². The monoisotopic (exact) mass is 1150 g/mol. The molecule has 0 aromatic rings. The van der Waals surface area contributed by atoms with Gasteiger partial charge in [-0.3, -0.25) is 14.4 Å². The van der Waals surface area contributed by atoms with Gasteiger partial charge >= 0.3 is 17.9 Å². The van der Waals surface area contributed by atoms with Gasteiger partial charge in [0.2, 0.25) is 0 Å². The lowest BCUT2D eigenvalue weighted by molar-refractivity contribution is -0.167. The Labute approximate surface area is 513 Å². The molecular formula is C77H128O6. The molecule has 0 aliphatic carbocycles. The zero-order valence-electron chi connectivity index (χ0n) is 54.2. The number of hydrogen-bond donors (Lipinski definition) is 0. The summed E-state index contributed by atoms with van der Waals surface area (Å²) in [4.78, 5) is 38.4. The second-order valence-corrected chi connectivity index (χ2v) is 22.7. The SMILES string of the molecule is CC/C=C\C/C=C\C/C=C\C/C=C\C/C=C\C/C=C\C/C=C\C/C=C\C/C=C\CCCC(=O)OCC(COC(=O)CCCCCCCCC/C=C\C/C=C\CCCCC)OC(=O)CCCCCCCCCCCCCCCCCCCCC. The summed E-state index contributed by atoms with van der Waals surface area (Å²) in [7, 11) is 0. The molecule has 0 fully saturated rings. The van der Waals surface area contributed by atoms with E-state index in [0.29, 0.717) is 19.3 Å². The first-order valence-corrected chi connectivity index (χ1v) is 34.7. The number of rotatable bonds is 62. The molecule has 0 saturated carbocycles. The van der Waals surface area contributed by atoms with E-state index in [1.165, 1.54) is 154 Å². The standard InChI is InChI=1S/C77H128O6/c1-4-7-10-13-16-19-22-25-28-31-33-34-35-36-37-38-39-40-41-42-44-46-49-52-55-58-61-64-67-70-76(79)82-73-74(72-81-75(78)69-66-63-60-57-54-51-48-45-30-27-24-21-18-15-12-9-6-3)83-77(80)71-68-65-62-59-56-53-50-47-43-32-29-26-23-20-17-14-11-8-5-2/h7,10,16,18-19,21,25,27-28,30,33-34,36-37,39-40,42,44,49,52,58,61,74H,4-6,8-9,11-15,17,20,22-24,26,29,31-32,35,38,41,43,45-48,50-51,53-57,59-60,62-73H2,1-3H3/b10-7-,19-16-,21-18-,28-25-,30-27-,34-33-,37-36-,40-39-,44-42-,52-49-,61-58-. The Bertz CT molecular complexity index is 1750. The van der Waals surface area contributed by atoms with E-state index in [0.717, 1.165) is 116 Å². The van der Waals surface area contributed by atoms with Crippen LogP contribution >= 0.6 is 0 Å². The van der Waals surface area contributed by atoms with Crippen molar-refractivity contribution in [2.45, 2.75) is 322 Å². The van der Waals surface area contributed by atoms with Gasteiger partial charge in [0.05, 0.1) is 0 Å². The molecular weight excluding hydrogens is 1020 g/mol. The van der Waals surface area contributed by atoms with Gasteiger partial charge in [-0.1, -0.05) is 315 Å². The molecule has 0 bridgehead atoms. The molecule has 0 aliphatic heterocycles. The summed E-state index contributed by atoms with van der Waals surface area (Å²) in [5.41, 5.74) is 0. The van der Waals surface area contributed by atoms with Crippen LogP contribution in [-0.4, -0.2) is 37.2 Å². The molecule has 0 amide bonds. The van der Waals surface area contributed by atoms with Crippen LogP contribution in [0.15, 0.2) is 134 Å². The Morgan fingerprint density at radius 3 is 0.807 bits per heavy atom. The van der Waals surface area contributed by atoms with Crippen LogP contribution in [0.4, 0.5) is 0 Å². The third kappa shape index (κ3) is 68.2. The van der Waals surface area contributed by atoms with E-state index >= 15 is 0 Å². The van der Waals surface area contributed by atoms with Crippen molar-refractivity contribution >= 4 is 17.9 Å². The minimum absolute atomic E-state index is 0.101. The fraction of sp³-hybridized carbons (Fsp3) is 0.675. The Morgan fingerprint density at radius 1 is 0.253 bits per heavy atom. The zero-order valence-corrected chi connectivity index (χ0v) is 54.2. The van der Waals surface area contributed by atoms with Crippen molar-refractivity contribution < 1.29 is 28.6 Å². The van der Waals surface area contributed by atoms with Crippen LogP contribution in [0.5, 0.6) is 0 Å². The van der Waals surface area contributed by atoms with Crippen LogP contribution < -0.4 is 0 Å². The highest BCUT2D eigenvalue weighted by Gasteiger charge is 2.19. The van der Waals surface area contributed by atoms with Gasteiger partial charge in [0.1, 0.15) is 13.2 Å². The zero-order chi connectivity index (χ0) is 59.9. The fourth-order valence-corrected chi connectivity index (χ4v) is 9.48. The van der Waals surface area contributed by atoms with E-state index in [2.05, 4.69) is 154 Å². The highest BCUT2D eigenvalue weighted by Crippen LogP contribution is 2.17. The Kier molecular flexibility index (Phi) is 66.3. The number of hydrogen-bond acceptors (Lipinski definition) is 6. The molecule has 0 aliphatic rings. The van der Waals surface area contributed by atoms with Gasteiger partial charge in [-0.25, -0.2) is 0 Å². The lowest BCUT2D eigenvalue weighted by Gasteiger charge is -2.18. The van der Waals surface area contributed by atoms with Gasteiger partial charge in [-0.15, -0.1) is 0 Å². The average Bonchev–Trinajstić information content (AvgIpc) is 3.49. The number of carbonyl (C=O) groups is 3. The van der Waals surface area contributed by atoms with Crippen molar-refractivity contribution in [2.24, 2.45) is 0 Å². The fourth-order valence-electron chi connectivity index (χ4n) is 9.48. The van der Waals surface area contributed by atoms with E-state index in [9.17, 15) is 14.4 Å². The van der Waals surface area contributed by atoms with Gasteiger partial charge in [0.25, 0.3) is 0 Å². The Balaban J connectivity index is 4.47. The minimum atomic E-state index is -0.809. The van der Waals surface area contributed by atoms with Gasteiger partial charge in [-0.05, 0) is 116 Å². The lowest BCUT2D eigenvalue weighted by Crippen LogP contribution is -2.30. The van der Waals surface area contributed by atoms with E-state index in [1.807, 2.05) is 0 Å². The minimum Gasteiger partial charge on any atom is -0.462 e. The molecule has 0 saturated heterocycles. The molecule has 83 heavy (non-hydrogen) atoms. The number of esters is 3.